The molecule has 0 N–H and O–H groups in total. The van der Waals surface area contributed by atoms with Crippen LogP contribution < -0.4 is 0 Å². The summed E-state index contributed by atoms with van der Waals surface area (Å²) in [6.45, 7) is 7.91. The molecule has 0 spiro atoms. The average molecular weight is 224 g/mol. The van der Waals surface area contributed by atoms with Crippen molar-refractivity contribution in [1.82, 2.24) is 4.90 Å². The molecule has 1 amide bonds. The van der Waals surface area contributed by atoms with Gasteiger partial charge in [0.05, 0.1) is 6.07 Å². The van der Waals surface area contributed by atoms with E-state index in [9.17, 15) is 4.79 Å². The second-order valence-corrected chi connectivity index (χ2v) is 5.47. The largest absolute Gasteiger partial charge is 0.444 e. The number of hydrogen-bond donors (Lipinski definition) is 0. The van der Waals surface area contributed by atoms with Crippen molar-refractivity contribution in [3.63, 3.8) is 0 Å². The van der Waals surface area contributed by atoms with Crippen LogP contribution in [0.2, 0.25) is 0 Å². The number of nitriles is 1. The first-order valence-corrected chi connectivity index (χ1v) is 5.70. The van der Waals surface area contributed by atoms with E-state index in [0.29, 0.717) is 6.54 Å². The number of hydrogen-bond acceptors (Lipinski definition) is 3. The van der Waals surface area contributed by atoms with Crippen LogP contribution in [0.15, 0.2) is 0 Å². The van der Waals surface area contributed by atoms with Crippen molar-refractivity contribution in [3.8, 4) is 6.07 Å². The summed E-state index contributed by atoms with van der Waals surface area (Å²) in [4.78, 5) is 13.5. The summed E-state index contributed by atoms with van der Waals surface area (Å²) in [5, 5.41) is 9.17. The topological polar surface area (TPSA) is 53.3 Å². The van der Waals surface area contributed by atoms with E-state index in [2.05, 4.69) is 6.07 Å². The summed E-state index contributed by atoms with van der Waals surface area (Å²) in [7, 11) is 0. The molecule has 0 saturated carbocycles. The fourth-order valence-electron chi connectivity index (χ4n) is 1.85. The molecule has 1 aliphatic rings. The summed E-state index contributed by atoms with van der Waals surface area (Å²) in [5.74, 6) is 0. The predicted octanol–water partition coefficient (Wildman–Crippen LogP) is 2.69. The molecular weight excluding hydrogens is 204 g/mol. The van der Waals surface area contributed by atoms with Crippen molar-refractivity contribution in [3.05, 3.63) is 0 Å². The molecule has 0 aliphatic carbocycles. The molecule has 0 radical (unpaired) electrons. The first-order chi connectivity index (χ1) is 7.28. The van der Waals surface area contributed by atoms with Gasteiger partial charge in [0, 0.05) is 6.54 Å². The SMILES string of the molecule is CC(C)(C)OC(=O)N1CCCC[C@@]1(C)C#N. The molecular formula is C12H20N2O2. The van der Waals surface area contributed by atoms with Crippen LogP contribution in [0.3, 0.4) is 0 Å². The first-order valence-electron chi connectivity index (χ1n) is 5.70. The van der Waals surface area contributed by atoms with Crippen LogP contribution >= 0.6 is 0 Å². The molecule has 0 bridgehead atoms. The molecule has 1 atom stereocenters. The summed E-state index contributed by atoms with van der Waals surface area (Å²) in [5.41, 5.74) is -1.22. The third-order valence-corrected chi connectivity index (χ3v) is 2.75. The van der Waals surface area contributed by atoms with Gasteiger partial charge < -0.3 is 4.74 Å². The second-order valence-electron chi connectivity index (χ2n) is 5.47. The highest BCUT2D eigenvalue weighted by molar-refractivity contribution is 5.70. The maximum Gasteiger partial charge on any atom is 0.411 e. The predicted molar refractivity (Wildman–Crippen MR) is 60.8 cm³/mol. The van der Waals surface area contributed by atoms with Gasteiger partial charge in [-0.25, -0.2) is 4.79 Å². The number of amides is 1. The van der Waals surface area contributed by atoms with E-state index in [4.69, 9.17) is 10.00 Å². The van der Waals surface area contributed by atoms with E-state index in [1.54, 1.807) is 11.8 Å². The summed E-state index contributed by atoms with van der Waals surface area (Å²) < 4.78 is 5.31. The molecule has 1 fully saturated rings. The van der Waals surface area contributed by atoms with Gasteiger partial charge in [-0.05, 0) is 47.0 Å². The first kappa shape index (κ1) is 12.8. The third kappa shape index (κ3) is 2.88. The zero-order chi connectivity index (χ0) is 12.4. The molecule has 4 heteroatoms. The van der Waals surface area contributed by atoms with Gasteiger partial charge >= 0.3 is 6.09 Å². The van der Waals surface area contributed by atoms with Gasteiger partial charge in [0.2, 0.25) is 0 Å². The van der Waals surface area contributed by atoms with E-state index >= 15 is 0 Å². The maximum atomic E-state index is 11.9. The monoisotopic (exact) mass is 224 g/mol. The molecule has 4 nitrogen and oxygen atoms in total. The fraction of sp³-hybridized carbons (Fsp3) is 0.833. The normalized spacial score (nSPS) is 26.1. The summed E-state index contributed by atoms with van der Waals surface area (Å²) in [6, 6.07) is 2.22. The lowest BCUT2D eigenvalue weighted by Crippen LogP contribution is -2.53. The van der Waals surface area contributed by atoms with E-state index in [1.807, 2.05) is 20.8 Å². The number of piperidine rings is 1. The van der Waals surface area contributed by atoms with Crippen molar-refractivity contribution in [2.75, 3.05) is 6.54 Å². The van der Waals surface area contributed by atoms with Gasteiger partial charge in [0.25, 0.3) is 0 Å². The third-order valence-electron chi connectivity index (χ3n) is 2.75. The lowest BCUT2D eigenvalue weighted by atomic mass is 9.90. The average Bonchev–Trinajstić information content (AvgIpc) is 2.15. The number of carbonyl (C=O) groups is 1. The summed E-state index contributed by atoms with van der Waals surface area (Å²) in [6.07, 6.45) is 2.28. The molecule has 1 heterocycles. The van der Waals surface area contributed by atoms with E-state index in [1.165, 1.54) is 0 Å². The second kappa shape index (κ2) is 4.32. The molecule has 0 aromatic heterocycles. The number of nitrogens with zero attached hydrogens (tertiary/aromatic N) is 2. The molecule has 0 unspecified atom stereocenters. The number of likely N-dealkylation sites (tertiary alicyclic amines) is 1. The van der Waals surface area contributed by atoms with Crippen molar-refractivity contribution in [2.24, 2.45) is 0 Å². The zero-order valence-electron chi connectivity index (χ0n) is 10.5. The lowest BCUT2D eigenvalue weighted by Gasteiger charge is -2.40. The molecule has 16 heavy (non-hydrogen) atoms. The molecule has 90 valence electrons. The van der Waals surface area contributed by atoms with Crippen molar-refractivity contribution >= 4 is 6.09 Å². The zero-order valence-corrected chi connectivity index (χ0v) is 10.5. The number of ether oxygens (including phenoxy) is 1. The van der Waals surface area contributed by atoms with E-state index < -0.39 is 11.1 Å². The Morgan fingerprint density at radius 1 is 1.44 bits per heavy atom. The minimum Gasteiger partial charge on any atom is -0.444 e. The minimum absolute atomic E-state index is 0.378. The summed E-state index contributed by atoms with van der Waals surface area (Å²) >= 11 is 0. The Morgan fingerprint density at radius 3 is 2.56 bits per heavy atom. The Morgan fingerprint density at radius 2 is 2.06 bits per heavy atom. The molecule has 1 saturated heterocycles. The van der Waals surface area contributed by atoms with Gasteiger partial charge in [0.15, 0.2) is 0 Å². The molecule has 1 rings (SSSR count). The highest BCUT2D eigenvalue weighted by Gasteiger charge is 2.39. The lowest BCUT2D eigenvalue weighted by molar-refractivity contribution is 0.00115. The van der Waals surface area contributed by atoms with Gasteiger partial charge in [-0.1, -0.05) is 0 Å². The van der Waals surface area contributed by atoms with Crippen LogP contribution in [-0.2, 0) is 4.74 Å². The van der Waals surface area contributed by atoms with Crippen LogP contribution in [0.5, 0.6) is 0 Å². The number of rotatable bonds is 0. The standard InChI is InChI=1S/C12H20N2O2/c1-11(2,3)16-10(15)14-8-6-5-7-12(14,4)9-13/h5-8H2,1-4H3/t12-/m0/s1. The maximum absolute atomic E-state index is 11.9. The van der Waals surface area contributed by atoms with Gasteiger partial charge in [-0.15, -0.1) is 0 Å². The van der Waals surface area contributed by atoms with Gasteiger partial charge in [-0.2, -0.15) is 5.26 Å². The molecule has 0 aromatic rings. The molecule has 0 aromatic carbocycles. The van der Waals surface area contributed by atoms with Crippen LogP contribution in [0.25, 0.3) is 0 Å². The minimum atomic E-state index is -0.708. The highest BCUT2D eigenvalue weighted by atomic mass is 16.6. The Bertz CT molecular complexity index is 314. The Labute approximate surface area is 97.2 Å². The Hall–Kier alpha value is -1.24. The van der Waals surface area contributed by atoms with Crippen molar-refractivity contribution in [1.29, 1.82) is 5.26 Å². The van der Waals surface area contributed by atoms with Gasteiger partial charge in [0.1, 0.15) is 11.1 Å². The van der Waals surface area contributed by atoms with Crippen molar-refractivity contribution < 1.29 is 9.53 Å². The Kier molecular flexibility index (Phi) is 3.47. The van der Waals surface area contributed by atoms with Crippen molar-refractivity contribution in [2.45, 2.75) is 58.1 Å². The van der Waals surface area contributed by atoms with E-state index in [0.717, 1.165) is 19.3 Å². The number of carbonyl (C=O) groups excluding carboxylic acids is 1. The smallest absolute Gasteiger partial charge is 0.411 e. The van der Waals surface area contributed by atoms with Gasteiger partial charge in [-0.3, -0.25) is 4.90 Å². The highest BCUT2D eigenvalue weighted by Crippen LogP contribution is 2.28. The van der Waals surface area contributed by atoms with Crippen LogP contribution in [0.1, 0.15) is 47.0 Å². The fourth-order valence-corrected chi connectivity index (χ4v) is 1.85. The quantitative estimate of drug-likeness (QED) is 0.635. The van der Waals surface area contributed by atoms with Crippen LogP contribution in [0.4, 0.5) is 4.79 Å². The van der Waals surface area contributed by atoms with E-state index in [-0.39, 0.29) is 6.09 Å². The van der Waals surface area contributed by atoms with Crippen LogP contribution in [-0.4, -0.2) is 28.7 Å². The Balaban J connectivity index is 2.78. The van der Waals surface area contributed by atoms with Crippen LogP contribution in [0, 0.1) is 11.3 Å². The molecule has 1 aliphatic heterocycles.